The Bertz CT molecular complexity index is 3660. The van der Waals surface area contributed by atoms with E-state index in [4.69, 9.17) is 5.73 Å². The lowest BCUT2D eigenvalue weighted by molar-refractivity contribution is 0.680. The molecular formula is C60H46N4. The van der Waals surface area contributed by atoms with Crippen LogP contribution < -0.4 is 11.1 Å². The lowest BCUT2D eigenvalue weighted by Gasteiger charge is -2.30. The highest BCUT2D eigenvalue weighted by Crippen LogP contribution is 2.42. The van der Waals surface area contributed by atoms with Gasteiger partial charge in [0.15, 0.2) is 0 Å². The van der Waals surface area contributed by atoms with Crippen LogP contribution in [-0.2, 0) is 12.0 Å². The molecular weight excluding hydrogens is 777 g/mol. The van der Waals surface area contributed by atoms with E-state index in [9.17, 15) is 0 Å². The van der Waals surface area contributed by atoms with Gasteiger partial charge < -0.3 is 20.2 Å². The molecule has 0 fully saturated rings. The Labute approximate surface area is 372 Å². The minimum atomic E-state index is -0.998. The molecule has 1 aliphatic rings. The van der Waals surface area contributed by atoms with Crippen molar-refractivity contribution in [2.45, 2.75) is 18.4 Å². The first kappa shape index (κ1) is 37.8. The fraction of sp³-hybridized carbons (Fsp3) is 0.0667. The summed E-state index contributed by atoms with van der Waals surface area (Å²) in [6, 6.07) is 72.4. The minimum Gasteiger partial charge on any atom is -0.388 e. The van der Waals surface area contributed by atoms with E-state index in [2.05, 4.69) is 233 Å². The fourth-order valence-electron chi connectivity index (χ4n) is 10.4. The van der Waals surface area contributed by atoms with Crippen molar-refractivity contribution in [3.8, 4) is 22.5 Å². The summed E-state index contributed by atoms with van der Waals surface area (Å²) in [7, 11) is 2.01. The van der Waals surface area contributed by atoms with E-state index in [0.29, 0.717) is 0 Å². The molecule has 0 saturated carbocycles. The van der Waals surface area contributed by atoms with Crippen molar-refractivity contribution in [2.75, 3.05) is 7.05 Å². The maximum absolute atomic E-state index is 7.87. The monoisotopic (exact) mass is 822 g/mol. The first-order valence-corrected chi connectivity index (χ1v) is 22.3. The molecule has 1 aliphatic carbocycles. The van der Waals surface area contributed by atoms with Crippen molar-refractivity contribution in [2.24, 2.45) is 5.73 Å². The van der Waals surface area contributed by atoms with E-state index in [1.165, 1.54) is 60.0 Å². The highest BCUT2D eigenvalue weighted by molar-refractivity contribution is 6.18. The van der Waals surface area contributed by atoms with Gasteiger partial charge in [-0.1, -0.05) is 176 Å². The Kier molecular flexibility index (Phi) is 8.96. The van der Waals surface area contributed by atoms with Crippen molar-refractivity contribution < 1.29 is 0 Å². The molecule has 9 aromatic carbocycles. The predicted molar refractivity (Wildman–Crippen MR) is 270 cm³/mol. The van der Waals surface area contributed by atoms with Crippen molar-refractivity contribution in [1.82, 2.24) is 14.5 Å². The van der Waals surface area contributed by atoms with Crippen LogP contribution in [-0.4, -0.2) is 16.2 Å². The Morgan fingerprint density at radius 3 is 1.86 bits per heavy atom. The number of para-hydroxylation sites is 2. The van der Waals surface area contributed by atoms with E-state index in [1.54, 1.807) is 0 Å². The third kappa shape index (κ3) is 6.02. The summed E-state index contributed by atoms with van der Waals surface area (Å²) in [5.41, 5.74) is 22.7. The first-order valence-electron chi connectivity index (χ1n) is 22.3. The second-order valence-electron chi connectivity index (χ2n) is 17.1. The number of aromatic nitrogens is 2. The van der Waals surface area contributed by atoms with Gasteiger partial charge in [-0.25, -0.2) is 0 Å². The molecule has 306 valence electrons. The smallest absolute Gasteiger partial charge is 0.0876 e. The third-order valence-electron chi connectivity index (χ3n) is 13.5. The van der Waals surface area contributed by atoms with E-state index in [-0.39, 0.29) is 0 Å². The molecule has 0 bridgehead atoms. The van der Waals surface area contributed by atoms with Crippen LogP contribution in [0.2, 0.25) is 0 Å². The van der Waals surface area contributed by atoms with Crippen LogP contribution in [0.15, 0.2) is 212 Å². The van der Waals surface area contributed by atoms with Crippen LogP contribution in [0.25, 0.3) is 88.7 Å². The number of aryl methyl sites for hydroxylation is 1. The van der Waals surface area contributed by atoms with Gasteiger partial charge in [-0.2, -0.15) is 0 Å². The van der Waals surface area contributed by atoms with Crippen molar-refractivity contribution >= 4 is 66.2 Å². The zero-order valence-electron chi connectivity index (χ0n) is 35.7. The third-order valence-corrected chi connectivity index (χ3v) is 13.5. The SMILES string of the molecule is CN/C(=C\C(N)(c1ccccc1)c1cccc(-c2ccccc2)c1)c1cc(-n2c3ccccc3c3ccc4c(c32)CCC=C4)cc(-n2c3ccccc3c3ccc4ccccc4c32)c1. The average Bonchev–Trinajstić information content (AvgIpc) is 3.90. The Morgan fingerprint density at radius 1 is 0.531 bits per heavy atom. The maximum Gasteiger partial charge on any atom is 0.0876 e. The van der Waals surface area contributed by atoms with Crippen LogP contribution in [0.5, 0.6) is 0 Å². The molecule has 4 nitrogen and oxygen atoms in total. The number of nitrogens with zero attached hydrogens (tertiary/aromatic N) is 2. The summed E-state index contributed by atoms with van der Waals surface area (Å²) < 4.78 is 5.00. The van der Waals surface area contributed by atoms with Crippen molar-refractivity contribution in [3.05, 3.63) is 240 Å². The van der Waals surface area contributed by atoms with Gasteiger partial charge in [-0.15, -0.1) is 0 Å². The maximum atomic E-state index is 7.87. The quantitative estimate of drug-likeness (QED) is 0.160. The number of benzene rings is 9. The average molecular weight is 823 g/mol. The molecule has 0 spiro atoms. The van der Waals surface area contributed by atoms with Gasteiger partial charge in [-0.3, -0.25) is 0 Å². The summed E-state index contributed by atoms with van der Waals surface area (Å²) in [6.45, 7) is 0. The van der Waals surface area contributed by atoms with Crippen LogP contribution >= 0.6 is 0 Å². The summed E-state index contributed by atoms with van der Waals surface area (Å²) in [6.07, 6.45) is 8.84. The van der Waals surface area contributed by atoms with Crippen molar-refractivity contribution in [3.63, 3.8) is 0 Å². The number of allylic oxidation sites excluding steroid dienone is 1. The summed E-state index contributed by atoms with van der Waals surface area (Å²) in [5, 5.41) is 11.1. The number of nitrogens with two attached hydrogens (primary N) is 1. The lowest BCUT2D eigenvalue weighted by Crippen LogP contribution is -2.37. The first-order chi connectivity index (χ1) is 31.6. The topological polar surface area (TPSA) is 47.9 Å². The number of hydrogen-bond acceptors (Lipinski definition) is 2. The van der Waals surface area contributed by atoms with Gasteiger partial charge in [0.05, 0.1) is 27.6 Å². The summed E-state index contributed by atoms with van der Waals surface area (Å²) in [5.74, 6) is 0. The molecule has 0 amide bonds. The van der Waals surface area contributed by atoms with Gasteiger partial charge in [-0.05, 0) is 94.1 Å². The number of hydrogen-bond donors (Lipinski definition) is 2. The highest BCUT2D eigenvalue weighted by Gasteiger charge is 2.30. The zero-order chi connectivity index (χ0) is 42.8. The lowest BCUT2D eigenvalue weighted by atomic mass is 9.81. The van der Waals surface area contributed by atoms with E-state index in [1.807, 2.05) is 7.05 Å². The van der Waals surface area contributed by atoms with Crippen LogP contribution in [0, 0.1) is 0 Å². The van der Waals surface area contributed by atoms with Crippen LogP contribution in [0.1, 0.15) is 34.2 Å². The zero-order valence-corrected chi connectivity index (χ0v) is 35.7. The minimum absolute atomic E-state index is 0.927. The van der Waals surface area contributed by atoms with Crippen LogP contribution in [0.3, 0.4) is 0 Å². The van der Waals surface area contributed by atoms with E-state index < -0.39 is 5.54 Å². The number of rotatable bonds is 8. The van der Waals surface area contributed by atoms with Gasteiger partial charge in [0.25, 0.3) is 0 Å². The van der Waals surface area contributed by atoms with E-state index in [0.717, 1.165) is 63.2 Å². The standard InChI is InChI=1S/C60H46N4/c1-62-55(39-60(61,45-22-6-3-7-23-45)46-24-16-21-43(35-46)40-17-4-2-5-18-40)44-36-47(63-56-29-14-12-27-51(56)53-33-31-41-19-8-10-25-49(41)58(53)63)38-48(37-44)64-57-30-15-13-28-52(57)54-34-32-42-20-9-11-26-50(42)59(54)64/h2-10,12-25,27-39,62H,11,26,61H2,1H3/b55-39-. The molecule has 11 aromatic rings. The van der Waals surface area contributed by atoms with Gasteiger partial charge in [0.1, 0.15) is 0 Å². The van der Waals surface area contributed by atoms with Gasteiger partial charge in [0, 0.05) is 56.6 Å². The molecule has 12 rings (SSSR count). The second-order valence-corrected chi connectivity index (χ2v) is 17.1. The number of fused-ring (bicyclic) bond motifs is 10. The Morgan fingerprint density at radius 2 is 1.12 bits per heavy atom. The normalized spacial score (nSPS) is 13.8. The molecule has 4 heteroatoms. The summed E-state index contributed by atoms with van der Waals surface area (Å²) in [4.78, 5) is 0. The molecule has 0 radical (unpaired) electrons. The second kappa shape index (κ2) is 15.2. The summed E-state index contributed by atoms with van der Waals surface area (Å²) >= 11 is 0. The molecule has 1 unspecified atom stereocenters. The fourth-order valence-corrected chi connectivity index (χ4v) is 10.4. The molecule has 3 N–H and O–H groups in total. The van der Waals surface area contributed by atoms with Gasteiger partial charge >= 0.3 is 0 Å². The molecule has 64 heavy (non-hydrogen) atoms. The largest absolute Gasteiger partial charge is 0.388 e. The van der Waals surface area contributed by atoms with Crippen LogP contribution in [0.4, 0.5) is 0 Å². The number of nitrogens with one attached hydrogen (secondary N) is 1. The van der Waals surface area contributed by atoms with E-state index >= 15 is 0 Å². The molecule has 0 saturated heterocycles. The highest BCUT2D eigenvalue weighted by atomic mass is 15.0. The van der Waals surface area contributed by atoms with Crippen molar-refractivity contribution in [1.29, 1.82) is 0 Å². The predicted octanol–water partition coefficient (Wildman–Crippen LogP) is 14.1. The Balaban J connectivity index is 1.18. The van der Waals surface area contributed by atoms with Gasteiger partial charge in [0.2, 0.25) is 0 Å². The molecule has 1 atom stereocenters. The molecule has 2 heterocycles. The molecule has 0 aliphatic heterocycles. The Hall–Kier alpha value is -7.92. The molecule has 2 aromatic heterocycles.